The molecule has 7 heteroatoms. The van der Waals surface area contributed by atoms with Gasteiger partial charge in [0.2, 0.25) is 6.41 Å². The van der Waals surface area contributed by atoms with Gasteiger partial charge in [-0.25, -0.2) is 9.18 Å². The Labute approximate surface area is 108 Å². The topological polar surface area (TPSA) is 79.3 Å². The smallest absolute Gasteiger partial charge is 0.326 e. The Balaban J connectivity index is 2.29. The van der Waals surface area contributed by atoms with Crippen molar-refractivity contribution in [1.29, 1.82) is 0 Å². The van der Waals surface area contributed by atoms with Crippen molar-refractivity contribution in [2.24, 2.45) is 0 Å². The van der Waals surface area contributed by atoms with Gasteiger partial charge in [0.25, 0.3) is 0 Å². The Hall–Kier alpha value is -1.63. The van der Waals surface area contributed by atoms with E-state index in [0.717, 1.165) is 11.8 Å². The Morgan fingerprint density at radius 3 is 3.00 bits per heavy atom. The molecule has 1 aromatic rings. The van der Waals surface area contributed by atoms with Crippen molar-refractivity contribution in [2.75, 3.05) is 5.75 Å². The van der Waals surface area contributed by atoms with Crippen molar-refractivity contribution in [1.82, 2.24) is 10.3 Å². The number of amides is 1. The van der Waals surface area contributed by atoms with Crippen LogP contribution in [0, 0.1) is 5.82 Å². The number of rotatable bonds is 8. The van der Waals surface area contributed by atoms with E-state index in [-0.39, 0.29) is 5.82 Å². The predicted octanol–water partition coefficient (Wildman–Crippen LogP) is 1.04. The Kier molecular flexibility index (Phi) is 6.13. The average molecular weight is 272 g/mol. The maximum Gasteiger partial charge on any atom is 0.326 e. The van der Waals surface area contributed by atoms with Crippen LogP contribution in [0.1, 0.15) is 12.0 Å². The van der Waals surface area contributed by atoms with Crippen molar-refractivity contribution in [3.63, 3.8) is 0 Å². The molecular weight excluding hydrogens is 259 g/mol. The molecule has 1 unspecified atom stereocenters. The van der Waals surface area contributed by atoms with E-state index in [1.54, 1.807) is 6.20 Å². The highest BCUT2D eigenvalue weighted by molar-refractivity contribution is 7.98. The van der Waals surface area contributed by atoms with E-state index in [0.29, 0.717) is 24.3 Å². The van der Waals surface area contributed by atoms with Crippen molar-refractivity contribution >= 4 is 24.1 Å². The summed E-state index contributed by atoms with van der Waals surface area (Å²) in [5.74, 6) is -0.346. The Morgan fingerprint density at radius 1 is 1.61 bits per heavy atom. The lowest BCUT2D eigenvalue weighted by Crippen LogP contribution is -2.36. The number of aliphatic carboxylic acids is 1. The molecule has 1 heterocycles. The van der Waals surface area contributed by atoms with Gasteiger partial charge in [-0.1, -0.05) is 0 Å². The number of carboxylic acid groups (broad SMARTS) is 1. The van der Waals surface area contributed by atoms with Crippen LogP contribution in [0.25, 0.3) is 0 Å². The monoisotopic (exact) mass is 272 g/mol. The molecule has 0 saturated heterocycles. The molecule has 2 N–H and O–H groups in total. The number of carbonyl (C=O) groups is 2. The number of halogens is 1. The standard InChI is InChI=1S/C11H13FN2O3S/c12-9-3-8(4-13-5-9)6-18-2-1-10(11(16)17)14-7-15/h3-5,7,10H,1-2,6H2,(H,14,15)(H,16,17). The second-order valence-electron chi connectivity index (χ2n) is 3.53. The quantitative estimate of drug-likeness (QED) is 0.546. The van der Waals surface area contributed by atoms with Crippen LogP contribution >= 0.6 is 11.8 Å². The molecule has 0 saturated carbocycles. The van der Waals surface area contributed by atoms with Gasteiger partial charge >= 0.3 is 5.97 Å². The summed E-state index contributed by atoms with van der Waals surface area (Å²) >= 11 is 1.46. The van der Waals surface area contributed by atoms with Gasteiger partial charge in [-0.15, -0.1) is 0 Å². The van der Waals surface area contributed by atoms with Crippen LogP contribution in [0.4, 0.5) is 4.39 Å². The molecular formula is C11H13FN2O3S. The van der Waals surface area contributed by atoms with E-state index < -0.39 is 12.0 Å². The van der Waals surface area contributed by atoms with Crippen LogP contribution in [-0.4, -0.2) is 34.3 Å². The van der Waals surface area contributed by atoms with Crippen LogP contribution in [0.5, 0.6) is 0 Å². The number of pyridine rings is 1. The molecule has 0 spiro atoms. The second-order valence-corrected chi connectivity index (χ2v) is 4.63. The molecule has 1 amide bonds. The van der Waals surface area contributed by atoms with Crippen LogP contribution in [0.3, 0.4) is 0 Å². The van der Waals surface area contributed by atoms with Crippen LogP contribution < -0.4 is 5.32 Å². The Morgan fingerprint density at radius 2 is 2.39 bits per heavy atom. The van der Waals surface area contributed by atoms with Crippen molar-refractivity contribution < 1.29 is 19.1 Å². The zero-order chi connectivity index (χ0) is 13.4. The van der Waals surface area contributed by atoms with E-state index >= 15 is 0 Å². The summed E-state index contributed by atoms with van der Waals surface area (Å²) in [6, 6.07) is 0.513. The summed E-state index contributed by atoms with van der Waals surface area (Å²) < 4.78 is 12.8. The molecule has 0 radical (unpaired) electrons. The number of nitrogens with zero attached hydrogens (tertiary/aromatic N) is 1. The minimum atomic E-state index is -1.06. The predicted molar refractivity (Wildman–Crippen MR) is 65.6 cm³/mol. The first-order chi connectivity index (χ1) is 8.63. The highest BCUT2D eigenvalue weighted by atomic mass is 32.2. The third-order valence-electron chi connectivity index (χ3n) is 2.15. The molecule has 1 aromatic heterocycles. The van der Waals surface area contributed by atoms with Gasteiger partial charge in [-0.3, -0.25) is 9.78 Å². The number of nitrogens with one attached hydrogen (secondary N) is 1. The fourth-order valence-corrected chi connectivity index (χ4v) is 2.23. The minimum absolute atomic E-state index is 0.321. The maximum atomic E-state index is 12.8. The van der Waals surface area contributed by atoms with Crippen LogP contribution in [-0.2, 0) is 15.3 Å². The second kappa shape index (κ2) is 7.65. The van der Waals surface area contributed by atoms with Gasteiger partial charge in [-0.05, 0) is 23.8 Å². The fraction of sp³-hybridized carbons (Fsp3) is 0.364. The molecule has 0 aliphatic carbocycles. The van der Waals surface area contributed by atoms with Crippen molar-refractivity contribution in [2.45, 2.75) is 18.2 Å². The molecule has 98 valence electrons. The summed E-state index contributed by atoms with van der Waals surface area (Å²) in [6.45, 7) is 0. The van der Waals surface area contributed by atoms with E-state index in [2.05, 4.69) is 10.3 Å². The third-order valence-corrected chi connectivity index (χ3v) is 3.21. The van der Waals surface area contributed by atoms with Gasteiger partial charge in [0, 0.05) is 11.9 Å². The summed E-state index contributed by atoms with van der Waals surface area (Å²) in [6.07, 6.45) is 3.39. The maximum absolute atomic E-state index is 12.8. The third kappa shape index (κ3) is 5.13. The molecule has 0 bridgehead atoms. The number of hydrogen-bond donors (Lipinski definition) is 2. The van der Waals surface area contributed by atoms with Crippen LogP contribution in [0.2, 0.25) is 0 Å². The SMILES string of the molecule is O=CNC(CCSCc1cncc(F)c1)C(=O)O. The molecule has 0 fully saturated rings. The largest absolute Gasteiger partial charge is 0.480 e. The molecule has 5 nitrogen and oxygen atoms in total. The van der Waals surface area contributed by atoms with Gasteiger partial charge in [0.1, 0.15) is 11.9 Å². The van der Waals surface area contributed by atoms with E-state index in [4.69, 9.17) is 5.11 Å². The van der Waals surface area contributed by atoms with Crippen LogP contribution in [0.15, 0.2) is 18.5 Å². The summed E-state index contributed by atoms with van der Waals surface area (Å²) in [4.78, 5) is 24.6. The summed E-state index contributed by atoms with van der Waals surface area (Å²) in [5, 5.41) is 11.0. The number of thioether (sulfide) groups is 1. The number of hydrogen-bond acceptors (Lipinski definition) is 4. The molecule has 1 rings (SSSR count). The average Bonchev–Trinajstić information content (AvgIpc) is 2.33. The first-order valence-corrected chi connectivity index (χ1v) is 6.38. The summed E-state index contributed by atoms with van der Waals surface area (Å²) in [5.41, 5.74) is 0.746. The molecule has 1 atom stereocenters. The van der Waals surface area contributed by atoms with Gasteiger partial charge in [-0.2, -0.15) is 11.8 Å². The lowest BCUT2D eigenvalue weighted by molar-refractivity contribution is -0.140. The highest BCUT2D eigenvalue weighted by Crippen LogP contribution is 2.13. The normalized spacial score (nSPS) is 11.8. The highest BCUT2D eigenvalue weighted by Gasteiger charge is 2.15. The summed E-state index contributed by atoms with van der Waals surface area (Å²) in [7, 11) is 0. The number of aromatic nitrogens is 1. The molecule has 18 heavy (non-hydrogen) atoms. The van der Waals surface area contributed by atoms with Gasteiger partial charge < -0.3 is 10.4 Å². The fourth-order valence-electron chi connectivity index (χ4n) is 1.29. The van der Waals surface area contributed by atoms with E-state index in [9.17, 15) is 14.0 Å². The number of carbonyl (C=O) groups excluding carboxylic acids is 1. The zero-order valence-corrected chi connectivity index (χ0v) is 10.3. The van der Waals surface area contributed by atoms with Crippen molar-refractivity contribution in [3.05, 3.63) is 29.8 Å². The lowest BCUT2D eigenvalue weighted by atomic mass is 10.2. The van der Waals surface area contributed by atoms with Gasteiger partial charge in [0.05, 0.1) is 6.20 Å². The lowest BCUT2D eigenvalue weighted by Gasteiger charge is -2.10. The minimum Gasteiger partial charge on any atom is -0.480 e. The van der Waals surface area contributed by atoms with Gasteiger partial charge in [0.15, 0.2) is 0 Å². The van der Waals surface area contributed by atoms with Crippen molar-refractivity contribution in [3.8, 4) is 0 Å². The molecule has 0 aromatic carbocycles. The first kappa shape index (κ1) is 14.4. The first-order valence-electron chi connectivity index (χ1n) is 5.23. The van der Waals surface area contributed by atoms with E-state index in [1.165, 1.54) is 17.8 Å². The number of carboxylic acids is 1. The Bertz CT molecular complexity index is 417. The molecule has 0 aliphatic heterocycles. The zero-order valence-electron chi connectivity index (χ0n) is 9.51. The van der Waals surface area contributed by atoms with E-state index in [1.807, 2.05) is 0 Å². The molecule has 0 aliphatic rings.